The van der Waals surface area contributed by atoms with Crippen LogP contribution in [0.4, 0.5) is 0 Å². The Morgan fingerprint density at radius 1 is 1.58 bits per heavy atom. The number of rotatable bonds is 3. The average molecular weight is 164 g/mol. The van der Waals surface area contributed by atoms with E-state index < -0.39 is 0 Å². The minimum Gasteiger partial charge on any atom is -0.381 e. The van der Waals surface area contributed by atoms with Crippen molar-refractivity contribution in [1.82, 2.24) is 5.32 Å². The zero-order valence-corrected chi connectivity index (χ0v) is 7.94. The lowest BCUT2D eigenvalue weighted by molar-refractivity contribution is 1.00. The second-order valence-corrected chi connectivity index (χ2v) is 2.23. The van der Waals surface area contributed by atoms with Gasteiger partial charge in [-0.15, -0.1) is 0 Å². The largest absolute Gasteiger partial charge is 0.381 e. The fourth-order valence-corrected chi connectivity index (χ4v) is 0.883. The van der Waals surface area contributed by atoms with Crippen LogP contribution in [0.3, 0.4) is 0 Å². The molecule has 0 spiro atoms. The predicted octanol–water partition coefficient (Wildman–Crippen LogP) is 1.02. The van der Waals surface area contributed by atoms with Crippen molar-refractivity contribution in [3.05, 3.63) is 23.4 Å². The van der Waals surface area contributed by atoms with Crippen LogP contribution in [0.5, 0.6) is 0 Å². The maximum Gasteiger partial charge on any atom is 0.0895 e. The van der Waals surface area contributed by atoms with Crippen molar-refractivity contribution in [1.29, 1.82) is 0 Å². The number of nitrogens with two attached hydrogens (primary N) is 1. The van der Waals surface area contributed by atoms with Crippen molar-refractivity contribution in [3.8, 4) is 11.8 Å². The van der Waals surface area contributed by atoms with Gasteiger partial charge in [-0.05, 0) is 25.3 Å². The van der Waals surface area contributed by atoms with Gasteiger partial charge in [-0.1, -0.05) is 18.1 Å². The monoisotopic (exact) mass is 164 g/mol. The smallest absolute Gasteiger partial charge is 0.0895 e. The second kappa shape index (κ2) is 6.51. The van der Waals surface area contributed by atoms with Crippen molar-refractivity contribution in [2.75, 3.05) is 13.6 Å². The maximum absolute atomic E-state index is 5.55. The summed E-state index contributed by atoms with van der Waals surface area (Å²) in [5.74, 6) is 5.79. The summed E-state index contributed by atoms with van der Waals surface area (Å²) in [6.45, 7) is 4.28. The van der Waals surface area contributed by atoms with Gasteiger partial charge in [0.25, 0.3) is 0 Å². The molecule has 2 nitrogen and oxygen atoms in total. The van der Waals surface area contributed by atoms with Gasteiger partial charge in [0.2, 0.25) is 0 Å². The third kappa shape index (κ3) is 3.27. The third-order valence-corrected chi connectivity index (χ3v) is 1.41. The van der Waals surface area contributed by atoms with Crippen LogP contribution in [0.1, 0.15) is 13.8 Å². The second-order valence-electron chi connectivity index (χ2n) is 2.23. The molecule has 12 heavy (non-hydrogen) atoms. The zero-order chi connectivity index (χ0) is 9.40. The van der Waals surface area contributed by atoms with Crippen LogP contribution >= 0.6 is 0 Å². The Morgan fingerprint density at radius 2 is 2.25 bits per heavy atom. The molecule has 0 atom stereocenters. The van der Waals surface area contributed by atoms with Crippen molar-refractivity contribution in [3.63, 3.8) is 0 Å². The van der Waals surface area contributed by atoms with Crippen LogP contribution < -0.4 is 11.1 Å². The standard InChI is InChI=1S/C10H16N2/c1-4-6-9(8-11)10(12-3)7-5-2/h4,6,12H,8,11H2,1-3H3/b6-4-,10-9-. The highest BCUT2D eigenvalue weighted by molar-refractivity contribution is 5.37. The number of nitrogens with one attached hydrogen (secondary N) is 1. The van der Waals surface area contributed by atoms with Gasteiger partial charge in [-0.25, -0.2) is 0 Å². The lowest BCUT2D eigenvalue weighted by Gasteiger charge is -2.03. The third-order valence-electron chi connectivity index (χ3n) is 1.41. The van der Waals surface area contributed by atoms with E-state index in [-0.39, 0.29) is 0 Å². The molecule has 0 aliphatic carbocycles. The maximum atomic E-state index is 5.55. The molecular weight excluding hydrogens is 148 g/mol. The van der Waals surface area contributed by atoms with E-state index in [4.69, 9.17) is 5.73 Å². The molecule has 0 aliphatic rings. The molecule has 0 aromatic heterocycles. The highest BCUT2D eigenvalue weighted by Crippen LogP contribution is 2.00. The van der Waals surface area contributed by atoms with Gasteiger partial charge < -0.3 is 11.1 Å². The van der Waals surface area contributed by atoms with Crippen LogP contribution in [-0.2, 0) is 0 Å². The highest BCUT2D eigenvalue weighted by Gasteiger charge is 1.95. The van der Waals surface area contributed by atoms with Crippen LogP contribution in [0.15, 0.2) is 23.4 Å². The Morgan fingerprint density at radius 3 is 2.58 bits per heavy atom. The summed E-state index contributed by atoms with van der Waals surface area (Å²) in [6, 6.07) is 0. The van der Waals surface area contributed by atoms with Crippen molar-refractivity contribution < 1.29 is 0 Å². The molecule has 0 radical (unpaired) electrons. The first-order chi connectivity index (χ1) is 5.79. The summed E-state index contributed by atoms with van der Waals surface area (Å²) in [5.41, 5.74) is 7.49. The molecule has 0 fully saturated rings. The fraction of sp³-hybridized carbons (Fsp3) is 0.400. The molecule has 0 heterocycles. The topological polar surface area (TPSA) is 38.0 Å². The Bertz CT molecular complexity index is 238. The first-order valence-corrected chi connectivity index (χ1v) is 3.96. The first kappa shape index (κ1) is 10.8. The SMILES string of the molecule is CC#C/C(NC)=C(\C=C/C)CN. The predicted molar refractivity (Wildman–Crippen MR) is 53.4 cm³/mol. The summed E-state index contributed by atoms with van der Waals surface area (Å²) < 4.78 is 0. The van der Waals surface area contributed by atoms with Gasteiger partial charge in [-0.2, -0.15) is 0 Å². The first-order valence-electron chi connectivity index (χ1n) is 3.96. The van der Waals surface area contributed by atoms with Gasteiger partial charge in [-0.3, -0.25) is 0 Å². The normalized spacial score (nSPS) is 12.0. The van der Waals surface area contributed by atoms with E-state index in [9.17, 15) is 0 Å². The van der Waals surface area contributed by atoms with Crippen LogP contribution in [0, 0.1) is 11.8 Å². The van der Waals surface area contributed by atoms with E-state index >= 15 is 0 Å². The number of hydrogen-bond acceptors (Lipinski definition) is 2. The minimum absolute atomic E-state index is 0.509. The number of hydrogen-bond donors (Lipinski definition) is 2. The highest BCUT2D eigenvalue weighted by atomic mass is 14.8. The van der Waals surface area contributed by atoms with Crippen molar-refractivity contribution >= 4 is 0 Å². The molecule has 0 aromatic carbocycles. The molecule has 0 aliphatic heterocycles. The molecule has 0 aromatic rings. The lowest BCUT2D eigenvalue weighted by Crippen LogP contribution is -2.12. The zero-order valence-electron chi connectivity index (χ0n) is 7.94. The van der Waals surface area contributed by atoms with Gasteiger partial charge in [0, 0.05) is 13.6 Å². The van der Waals surface area contributed by atoms with Gasteiger partial charge in [0.05, 0.1) is 5.70 Å². The number of allylic oxidation sites excluding steroid dienone is 2. The van der Waals surface area contributed by atoms with E-state index in [0.29, 0.717) is 6.54 Å². The summed E-state index contributed by atoms with van der Waals surface area (Å²) in [7, 11) is 1.85. The minimum atomic E-state index is 0.509. The quantitative estimate of drug-likeness (QED) is 0.483. The van der Waals surface area contributed by atoms with Crippen molar-refractivity contribution in [2.45, 2.75) is 13.8 Å². The Balaban J connectivity index is 4.82. The summed E-state index contributed by atoms with van der Waals surface area (Å²) >= 11 is 0. The summed E-state index contributed by atoms with van der Waals surface area (Å²) in [5, 5.41) is 3.01. The molecule has 0 amide bonds. The Hall–Kier alpha value is -1.20. The molecule has 0 unspecified atom stereocenters. The van der Waals surface area contributed by atoms with Gasteiger partial charge in [0.15, 0.2) is 0 Å². The molecule has 2 heteroatoms. The van der Waals surface area contributed by atoms with E-state index in [1.807, 2.05) is 26.1 Å². The van der Waals surface area contributed by atoms with E-state index in [2.05, 4.69) is 17.2 Å². The van der Waals surface area contributed by atoms with Crippen LogP contribution in [-0.4, -0.2) is 13.6 Å². The van der Waals surface area contributed by atoms with E-state index in [1.54, 1.807) is 6.92 Å². The molecule has 0 saturated heterocycles. The fourth-order valence-electron chi connectivity index (χ4n) is 0.883. The molecule has 66 valence electrons. The molecule has 0 saturated carbocycles. The summed E-state index contributed by atoms with van der Waals surface area (Å²) in [6.07, 6.45) is 3.92. The average Bonchev–Trinajstić information content (AvgIpc) is 2.11. The van der Waals surface area contributed by atoms with E-state index in [0.717, 1.165) is 11.3 Å². The van der Waals surface area contributed by atoms with Gasteiger partial charge >= 0.3 is 0 Å². The molecule has 0 rings (SSSR count). The molecule has 0 bridgehead atoms. The molecule has 3 N–H and O–H groups in total. The van der Waals surface area contributed by atoms with Crippen molar-refractivity contribution in [2.24, 2.45) is 5.73 Å². The van der Waals surface area contributed by atoms with Crippen LogP contribution in [0.2, 0.25) is 0 Å². The van der Waals surface area contributed by atoms with Gasteiger partial charge in [0.1, 0.15) is 0 Å². The Labute approximate surface area is 74.5 Å². The van der Waals surface area contributed by atoms with E-state index in [1.165, 1.54) is 0 Å². The molecular formula is C10H16N2. The summed E-state index contributed by atoms with van der Waals surface area (Å²) in [4.78, 5) is 0. The Kier molecular flexibility index (Phi) is 5.86. The van der Waals surface area contributed by atoms with Crippen LogP contribution in [0.25, 0.3) is 0 Å². The lowest BCUT2D eigenvalue weighted by atomic mass is 10.2.